The highest BCUT2D eigenvalue weighted by Crippen LogP contribution is 2.20. The van der Waals surface area contributed by atoms with Gasteiger partial charge in [-0.3, -0.25) is 4.79 Å². The van der Waals surface area contributed by atoms with E-state index in [0.29, 0.717) is 23.4 Å². The quantitative estimate of drug-likeness (QED) is 0.849. The largest absolute Gasteiger partial charge is 0.465 e. The number of amides is 1. The lowest BCUT2D eigenvalue weighted by Crippen LogP contribution is -2.44. The van der Waals surface area contributed by atoms with Crippen LogP contribution in [0, 0.1) is 13.8 Å². The summed E-state index contributed by atoms with van der Waals surface area (Å²) < 4.78 is 9.85. The van der Waals surface area contributed by atoms with Gasteiger partial charge in [0.25, 0.3) is 5.91 Å². The Morgan fingerprint density at radius 2 is 1.92 bits per heavy atom. The number of nitrogens with zero attached hydrogens (tertiary/aromatic N) is 1. The summed E-state index contributed by atoms with van der Waals surface area (Å²) in [4.78, 5) is 40.8. The van der Waals surface area contributed by atoms with Crippen molar-refractivity contribution >= 4 is 17.8 Å². The first-order valence-electron chi connectivity index (χ1n) is 8.10. The maximum absolute atomic E-state index is 12.2. The Hall–Kier alpha value is -2.31. The molecule has 1 aliphatic heterocycles. The minimum absolute atomic E-state index is 0.172. The fourth-order valence-corrected chi connectivity index (χ4v) is 3.11. The molecule has 7 heteroatoms. The third-order valence-electron chi connectivity index (χ3n) is 4.48. The van der Waals surface area contributed by atoms with E-state index >= 15 is 0 Å². The first kappa shape index (κ1) is 18.0. The fraction of sp³-hybridized carbons (Fsp3) is 0.588. The molecule has 2 heterocycles. The number of piperidine rings is 1. The van der Waals surface area contributed by atoms with Crippen LogP contribution in [0.5, 0.6) is 0 Å². The third kappa shape index (κ3) is 3.60. The Morgan fingerprint density at radius 1 is 1.21 bits per heavy atom. The molecule has 1 N–H and O–H groups in total. The van der Waals surface area contributed by atoms with E-state index in [4.69, 9.17) is 9.47 Å². The maximum Gasteiger partial charge on any atom is 0.355 e. The summed E-state index contributed by atoms with van der Waals surface area (Å²) in [7, 11) is 1.28. The lowest BCUT2D eigenvalue weighted by molar-refractivity contribution is -0.137. The molecule has 1 amide bonds. The van der Waals surface area contributed by atoms with Gasteiger partial charge < -0.3 is 19.4 Å². The summed E-state index contributed by atoms with van der Waals surface area (Å²) in [6, 6.07) is 0.172. The smallest absolute Gasteiger partial charge is 0.355 e. The van der Waals surface area contributed by atoms with Gasteiger partial charge in [-0.15, -0.1) is 0 Å². The fourth-order valence-electron chi connectivity index (χ4n) is 3.11. The average molecular weight is 336 g/mol. The average Bonchev–Trinajstić information content (AvgIpc) is 2.86. The van der Waals surface area contributed by atoms with E-state index in [9.17, 15) is 14.4 Å². The number of rotatable bonds is 4. The molecule has 2 rings (SSSR count). The second-order valence-electron chi connectivity index (χ2n) is 6.12. The SMILES string of the molecule is COC(=O)c1c(C)[nH]c(C(=O)OCC(=O)N2CCCC[C@H]2C)c1C. The number of hydrogen-bond acceptors (Lipinski definition) is 5. The zero-order valence-corrected chi connectivity index (χ0v) is 14.6. The molecule has 1 fully saturated rings. The first-order chi connectivity index (χ1) is 11.4. The summed E-state index contributed by atoms with van der Waals surface area (Å²) in [5, 5.41) is 0. The number of methoxy groups -OCH3 is 1. The summed E-state index contributed by atoms with van der Waals surface area (Å²) in [5.41, 5.74) is 1.48. The van der Waals surface area contributed by atoms with Gasteiger partial charge in [0.2, 0.25) is 0 Å². The Kier molecular flexibility index (Phi) is 5.64. The van der Waals surface area contributed by atoms with Gasteiger partial charge in [0, 0.05) is 18.3 Å². The number of aromatic amines is 1. The van der Waals surface area contributed by atoms with Gasteiger partial charge >= 0.3 is 11.9 Å². The predicted octanol–water partition coefficient (Wildman–Crippen LogP) is 1.98. The summed E-state index contributed by atoms with van der Waals surface area (Å²) >= 11 is 0. The van der Waals surface area contributed by atoms with E-state index in [-0.39, 0.29) is 24.2 Å². The van der Waals surface area contributed by atoms with Gasteiger partial charge in [-0.25, -0.2) is 9.59 Å². The molecule has 1 atom stereocenters. The first-order valence-corrected chi connectivity index (χ1v) is 8.10. The highest BCUT2D eigenvalue weighted by Gasteiger charge is 2.26. The number of nitrogens with one attached hydrogen (secondary N) is 1. The Balaban J connectivity index is 2.03. The van der Waals surface area contributed by atoms with Crippen molar-refractivity contribution < 1.29 is 23.9 Å². The number of H-pyrrole nitrogens is 1. The molecule has 1 aromatic rings. The van der Waals surface area contributed by atoms with Crippen molar-refractivity contribution in [1.82, 2.24) is 9.88 Å². The van der Waals surface area contributed by atoms with Crippen LogP contribution in [0.2, 0.25) is 0 Å². The number of hydrogen-bond donors (Lipinski definition) is 1. The lowest BCUT2D eigenvalue weighted by Gasteiger charge is -2.33. The Labute approximate surface area is 141 Å². The number of aryl methyl sites for hydroxylation is 1. The van der Waals surface area contributed by atoms with Gasteiger partial charge in [0.05, 0.1) is 12.7 Å². The van der Waals surface area contributed by atoms with Crippen molar-refractivity contribution in [2.45, 2.75) is 46.1 Å². The van der Waals surface area contributed by atoms with Crippen molar-refractivity contribution in [3.05, 3.63) is 22.5 Å². The van der Waals surface area contributed by atoms with Gasteiger partial charge in [0.1, 0.15) is 5.69 Å². The molecule has 7 nitrogen and oxygen atoms in total. The second-order valence-corrected chi connectivity index (χ2v) is 6.12. The van der Waals surface area contributed by atoms with Crippen LogP contribution in [-0.2, 0) is 14.3 Å². The van der Waals surface area contributed by atoms with E-state index in [2.05, 4.69) is 4.98 Å². The van der Waals surface area contributed by atoms with Gasteiger partial charge in [-0.2, -0.15) is 0 Å². The molecule has 1 aliphatic rings. The van der Waals surface area contributed by atoms with Crippen molar-refractivity contribution in [2.24, 2.45) is 0 Å². The van der Waals surface area contributed by atoms with Crippen LogP contribution in [0.1, 0.15) is 58.3 Å². The van der Waals surface area contributed by atoms with E-state index in [0.717, 1.165) is 19.3 Å². The molecular weight excluding hydrogens is 312 g/mol. The summed E-state index contributed by atoms with van der Waals surface area (Å²) in [5.74, 6) is -1.35. The van der Waals surface area contributed by atoms with Crippen LogP contribution in [0.4, 0.5) is 0 Å². The minimum Gasteiger partial charge on any atom is -0.465 e. The van der Waals surface area contributed by atoms with Gasteiger partial charge in [-0.1, -0.05) is 0 Å². The molecule has 0 spiro atoms. The van der Waals surface area contributed by atoms with E-state index in [1.807, 2.05) is 6.92 Å². The number of aromatic nitrogens is 1. The molecule has 1 saturated heterocycles. The highest BCUT2D eigenvalue weighted by atomic mass is 16.5. The number of carbonyl (C=O) groups is 3. The summed E-state index contributed by atoms with van der Waals surface area (Å²) in [6.07, 6.45) is 3.06. The minimum atomic E-state index is -0.649. The zero-order chi connectivity index (χ0) is 17.9. The Bertz CT molecular complexity index is 650. The van der Waals surface area contributed by atoms with Gasteiger partial charge in [-0.05, 0) is 45.6 Å². The van der Waals surface area contributed by atoms with Crippen LogP contribution in [0.3, 0.4) is 0 Å². The third-order valence-corrected chi connectivity index (χ3v) is 4.48. The predicted molar refractivity (Wildman–Crippen MR) is 86.9 cm³/mol. The number of likely N-dealkylation sites (tertiary alicyclic amines) is 1. The topological polar surface area (TPSA) is 88.7 Å². The van der Waals surface area contributed by atoms with Crippen molar-refractivity contribution in [1.29, 1.82) is 0 Å². The molecule has 0 bridgehead atoms. The van der Waals surface area contributed by atoms with E-state index in [1.165, 1.54) is 7.11 Å². The molecule has 24 heavy (non-hydrogen) atoms. The van der Waals surface area contributed by atoms with Crippen LogP contribution in [-0.4, -0.2) is 54.0 Å². The van der Waals surface area contributed by atoms with Crippen LogP contribution in [0.25, 0.3) is 0 Å². The standard InChI is InChI=1S/C17H24N2O5/c1-10-7-5-6-8-19(10)13(20)9-24-17(22)15-11(2)14(12(3)18-15)16(21)23-4/h10,18H,5-9H2,1-4H3/t10-/m1/s1. The zero-order valence-electron chi connectivity index (χ0n) is 14.6. The van der Waals surface area contributed by atoms with Crippen molar-refractivity contribution in [3.63, 3.8) is 0 Å². The Morgan fingerprint density at radius 3 is 2.54 bits per heavy atom. The van der Waals surface area contributed by atoms with Crippen molar-refractivity contribution in [3.8, 4) is 0 Å². The monoisotopic (exact) mass is 336 g/mol. The normalized spacial score (nSPS) is 17.5. The summed E-state index contributed by atoms with van der Waals surface area (Å²) in [6.45, 7) is 5.72. The number of ether oxygens (including phenoxy) is 2. The van der Waals surface area contributed by atoms with Crippen LogP contribution in [0.15, 0.2) is 0 Å². The molecule has 0 unspecified atom stereocenters. The highest BCUT2D eigenvalue weighted by molar-refractivity contribution is 5.99. The van der Waals surface area contributed by atoms with Gasteiger partial charge in [0.15, 0.2) is 6.61 Å². The number of carbonyl (C=O) groups excluding carboxylic acids is 3. The molecule has 0 radical (unpaired) electrons. The molecule has 132 valence electrons. The molecule has 0 aliphatic carbocycles. The van der Waals surface area contributed by atoms with Crippen molar-refractivity contribution in [2.75, 3.05) is 20.3 Å². The molecule has 0 saturated carbocycles. The maximum atomic E-state index is 12.2. The van der Waals surface area contributed by atoms with Crippen LogP contribution >= 0.6 is 0 Å². The van der Waals surface area contributed by atoms with E-state index in [1.54, 1.807) is 18.7 Å². The molecular formula is C17H24N2O5. The second kappa shape index (κ2) is 7.51. The molecule has 0 aromatic carbocycles. The molecule has 1 aromatic heterocycles. The number of esters is 2. The lowest BCUT2D eigenvalue weighted by atomic mass is 10.0. The van der Waals surface area contributed by atoms with E-state index < -0.39 is 11.9 Å². The van der Waals surface area contributed by atoms with Crippen LogP contribution < -0.4 is 0 Å².